The van der Waals surface area contributed by atoms with Crippen LogP contribution in [0.15, 0.2) is 94.7 Å². The van der Waals surface area contributed by atoms with Crippen LogP contribution in [0, 0.1) is 0 Å². The second kappa shape index (κ2) is 8.93. The van der Waals surface area contributed by atoms with E-state index in [0.717, 1.165) is 36.0 Å². The minimum Gasteiger partial charge on any atom is -0.406 e. The SMILES string of the molecule is O=C(c1ccc(OC(F)(F)F)cc1)C(Sc1ccccc1)S(=O)(=O)c1ccccc1. The van der Waals surface area contributed by atoms with Gasteiger partial charge in [-0.25, -0.2) is 8.42 Å². The molecule has 0 saturated heterocycles. The number of ketones is 1. The lowest BCUT2D eigenvalue weighted by Crippen LogP contribution is -2.27. The molecule has 1 unspecified atom stereocenters. The lowest BCUT2D eigenvalue weighted by molar-refractivity contribution is -0.274. The van der Waals surface area contributed by atoms with E-state index in [1.165, 1.54) is 12.1 Å². The maximum Gasteiger partial charge on any atom is 0.573 e. The highest BCUT2D eigenvalue weighted by Crippen LogP contribution is 2.33. The third-order valence-corrected chi connectivity index (χ3v) is 7.65. The van der Waals surface area contributed by atoms with Gasteiger partial charge >= 0.3 is 6.36 Å². The molecule has 0 N–H and O–H groups in total. The predicted octanol–water partition coefficient (Wildman–Crippen LogP) is 5.36. The van der Waals surface area contributed by atoms with Crippen LogP contribution in [-0.4, -0.2) is 25.1 Å². The molecule has 3 rings (SSSR count). The highest BCUT2D eigenvalue weighted by molar-refractivity contribution is 8.14. The first kappa shape index (κ1) is 21.9. The van der Waals surface area contributed by atoms with E-state index in [9.17, 15) is 26.4 Å². The molecule has 0 aliphatic carbocycles. The molecule has 3 aromatic rings. The zero-order valence-electron chi connectivity index (χ0n) is 15.2. The van der Waals surface area contributed by atoms with Crippen LogP contribution >= 0.6 is 11.8 Å². The number of benzene rings is 3. The maximum absolute atomic E-state index is 13.2. The van der Waals surface area contributed by atoms with Crippen molar-refractivity contribution in [3.8, 4) is 5.75 Å². The molecule has 0 amide bonds. The van der Waals surface area contributed by atoms with Crippen molar-refractivity contribution in [3.63, 3.8) is 0 Å². The van der Waals surface area contributed by atoms with E-state index >= 15 is 0 Å². The number of hydrogen-bond donors (Lipinski definition) is 0. The first-order valence-corrected chi connectivity index (χ1v) is 11.0. The number of ether oxygens (including phenoxy) is 1. The van der Waals surface area contributed by atoms with Gasteiger partial charge in [0.1, 0.15) is 5.75 Å². The first-order chi connectivity index (χ1) is 14.2. The summed E-state index contributed by atoms with van der Waals surface area (Å²) in [7, 11) is -4.08. The fourth-order valence-electron chi connectivity index (χ4n) is 2.57. The van der Waals surface area contributed by atoms with Crippen molar-refractivity contribution in [3.05, 3.63) is 90.5 Å². The summed E-state index contributed by atoms with van der Waals surface area (Å²) < 4.78 is 65.7. The molecule has 0 aliphatic heterocycles. The van der Waals surface area contributed by atoms with Gasteiger partial charge in [-0.15, -0.1) is 13.2 Å². The molecule has 0 radical (unpaired) electrons. The molecule has 4 nitrogen and oxygen atoms in total. The van der Waals surface area contributed by atoms with Crippen LogP contribution in [0.3, 0.4) is 0 Å². The topological polar surface area (TPSA) is 60.4 Å². The largest absolute Gasteiger partial charge is 0.573 e. The Kier molecular flexibility index (Phi) is 6.52. The molecule has 0 spiro atoms. The number of rotatable bonds is 7. The number of hydrogen-bond acceptors (Lipinski definition) is 5. The summed E-state index contributed by atoms with van der Waals surface area (Å²) in [5.41, 5.74) is -0.0440. The minimum absolute atomic E-state index is 0.0243. The maximum atomic E-state index is 13.2. The van der Waals surface area contributed by atoms with Crippen molar-refractivity contribution in [1.82, 2.24) is 0 Å². The van der Waals surface area contributed by atoms with Gasteiger partial charge in [0, 0.05) is 10.5 Å². The van der Waals surface area contributed by atoms with Crippen molar-refractivity contribution in [1.29, 1.82) is 0 Å². The number of halogens is 3. The van der Waals surface area contributed by atoms with Gasteiger partial charge in [0.25, 0.3) is 0 Å². The summed E-state index contributed by atoms with van der Waals surface area (Å²) in [6, 6.07) is 20.2. The Hall–Kier alpha value is -2.78. The molecule has 30 heavy (non-hydrogen) atoms. The highest BCUT2D eigenvalue weighted by Gasteiger charge is 2.36. The number of alkyl halides is 3. The fraction of sp³-hybridized carbons (Fsp3) is 0.0952. The molecule has 0 aromatic heterocycles. The third-order valence-electron chi connectivity index (χ3n) is 3.93. The van der Waals surface area contributed by atoms with Crippen molar-refractivity contribution in [2.75, 3.05) is 0 Å². The molecule has 0 fully saturated rings. The summed E-state index contributed by atoms with van der Waals surface area (Å²) >= 11 is 0.859. The van der Waals surface area contributed by atoms with E-state index in [1.54, 1.807) is 48.5 Å². The lowest BCUT2D eigenvalue weighted by atomic mass is 10.1. The summed E-state index contributed by atoms with van der Waals surface area (Å²) in [5, 5.41) is 0. The molecule has 0 aliphatic rings. The van der Waals surface area contributed by atoms with E-state index in [1.807, 2.05) is 0 Å². The van der Waals surface area contributed by atoms with E-state index in [2.05, 4.69) is 4.74 Å². The summed E-state index contributed by atoms with van der Waals surface area (Å²) in [6.07, 6.45) is -4.87. The summed E-state index contributed by atoms with van der Waals surface area (Å²) in [5.74, 6) is -1.25. The Balaban J connectivity index is 1.96. The predicted molar refractivity (Wildman–Crippen MR) is 107 cm³/mol. The Labute approximate surface area is 175 Å². The normalized spacial score (nSPS) is 12.9. The van der Waals surface area contributed by atoms with E-state index in [4.69, 9.17) is 0 Å². The number of Topliss-reactive ketones (excluding diaryl/α,β-unsaturated/α-hetero) is 1. The monoisotopic (exact) mass is 452 g/mol. The molecular formula is C21H15F3O4S2. The number of thioether (sulfide) groups is 1. The zero-order chi connectivity index (χ0) is 21.8. The second-order valence-corrected chi connectivity index (χ2v) is 9.57. The molecule has 9 heteroatoms. The molecule has 156 valence electrons. The lowest BCUT2D eigenvalue weighted by Gasteiger charge is -2.17. The van der Waals surface area contributed by atoms with Gasteiger partial charge in [-0.2, -0.15) is 0 Å². The van der Waals surface area contributed by atoms with Crippen molar-refractivity contribution >= 4 is 27.4 Å². The van der Waals surface area contributed by atoms with Gasteiger partial charge in [0.15, 0.2) is 20.2 Å². The zero-order valence-corrected chi connectivity index (χ0v) is 16.9. The number of carbonyl (C=O) groups is 1. The molecule has 0 heterocycles. The summed E-state index contributed by atoms with van der Waals surface area (Å²) in [6.45, 7) is 0. The fourth-order valence-corrected chi connectivity index (χ4v) is 5.75. The molecular weight excluding hydrogens is 437 g/mol. The van der Waals surface area contributed by atoms with Gasteiger partial charge in [-0.05, 0) is 48.5 Å². The van der Waals surface area contributed by atoms with Crippen molar-refractivity contribution < 1.29 is 31.1 Å². The van der Waals surface area contributed by atoms with Gasteiger partial charge in [0.2, 0.25) is 0 Å². The quantitative estimate of drug-likeness (QED) is 0.357. The minimum atomic E-state index is -4.87. The van der Waals surface area contributed by atoms with Crippen molar-refractivity contribution in [2.24, 2.45) is 0 Å². The Morgan fingerprint density at radius 2 is 1.37 bits per heavy atom. The van der Waals surface area contributed by atoms with Gasteiger partial charge in [0.05, 0.1) is 4.90 Å². The average Bonchev–Trinajstić information content (AvgIpc) is 2.72. The summed E-state index contributed by atoms with van der Waals surface area (Å²) in [4.78, 5) is 13.6. The molecule has 0 bridgehead atoms. The molecule has 1 atom stereocenters. The molecule has 0 saturated carbocycles. The van der Waals surface area contributed by atoms with E-state index in [-0.39, 0.29) is 10.5 Å². The third kappa shape index (κ3) is 5.43. The van der Waals surface area contributed by atoms with Gasteiger partial charge in [-0.3, -0.25) is 4.79 Å². The smallest absolute Gasteiger partial charge is 0.406 e. The van der Waals surface area contributed by atoms with Crippen LogP contribution in [0.5, 0.6) is 5.75 Å². The van der Waals surface area contributed by atoms with Crippen LogP contribution in [0.4, 0.5) is 13.2 Å². The number of carbonyl (C=O) groups excluding carboxylic acids is 1. The number of sulfone groups is 1. The van der Waals surface area contributed by atoms with Crippen LogP contribution in [0.1, 0.15) is 10.4 Å². The van der Waals surface area contributed by atoms with Gasteiger partial charge < -0.3 is 4.74 Å². The standard InChI is InChI=1S/C21H15F3O4S2/c22-21(23,24)28-16-13-11-15(12-14-16)19(25)20(29-17-7-3-1-4-8-17)30(26,27)18-9-5-2-6-10-18/h1-14,20H. The highest BCUT2D eigenvalue weighted by atomic mass is 32.3. The van der Waals surface area contributed by atoms with Crippen molar-refractivity contribution in [2.45, 2.75) is 20.7 Å². The first-order valence-electron chi connectivity index (χ1n) is 8.57. The molecule has 3 aromatic carbocycles. The van der Waals surface area contributed by atoms with Crippen LogP contribution in [0.2, 0.25) is 0 Å². The Morgan fingerprint density at radius 3 is 1.90 bits per heavy atom. The van der Waals surface area contributed by atoms with Gasteiger partial charge in [-0.1, -0.05) is 48.2 Å². The van der Waals surface area contributed by atoms with E-state index in [0.29, 0.717) is 4.90 Å². The van der Waals surface area contributed by atoms with E-state index < -0.39 is 32.3 Å². The van der Waals surface area contributed by atoms with Crippen LogP contribution in [-0.2, 0) is 9.84 Å². The van der Waals surface area contributed by atoms with Crippen LogP contribution < -0.4 is 4.74 Å². The Bertz CT molecular complexity index is 1100. The second-order valence-electron chi connectivity index (χ2n) is 6.06. The Morgan fingerprint density at radius 1 is 0.833 bits per heavy atom. The average molecular weight is 452 g/mol. The van der Waals surface area contributed by atoms with Crippen LogP contribution in [0.25, 0.3) is 0 Å².